The first-order valence-electron chi connectivity index (χ1n) is 16.2. The van der Waals surface area contributed by atoms with Crippen LogP contribution < -0.4 is 25.0 Å². The van der Waals surface area contributed by atoms with E-state index in [0.717, 1.165) is 60.8 Å². The van der Waals surface area contributed by atoms with Crippen LogP contribution in [0.2, 0.25) is 0 Å². The van der Waals surface area contributed by atoms with E-state index in [1.165, 1.54) is 5.56 Å². The topological polar surface area (TPSA) is 86.4 Å². The van der Waals surface area contributed by atoms with E-state index in [2.05, 4.69) is 51.7 Å². The Kier molecular flexibility index (Phi) is 9.86. The van der Waals surface area contributed by atoms with Crippen LogP contribution in [0.4, 0.5) is 5.69 Å². The van der Waals surface area contributed by atoms with Crippen LogP contribution in [0.25, 0.3) is 0 Å². The van der Waals surface area contributed by atoms with Crippen LogP contribution in [0, 0.1) is 0 Å². The Bertz CT molecular complexity index is 1460. The van der Waals surface area contributed by atoms with Gasteiger partial charge in [-0.05, 0) is 67.4 Å². The number of hydrogen-bond donors (Lipinski definition) is 2. The van der Waals surface area contributed by atoms with Crippen molar-refractivity contribution >= 4 is 17.5 Å². The van der Waals surface area contributed by atoms with E-state index in [1.807, 2.05) is 53.4 Å². The number of carbonyl (C=O) groups is 2. The number of likely N-dealkylation sites (tertiary alicyclic amines) is 1. The minimum Gasteiger partial charge on any atom is -0.497 e. The highest BCUT2D eigenvalue weighted by Gasteiger charge is 2.31. The van der Waals surface area contributed by atoms with Gasteiger partial charge in [-0.2, -0.15) is 0 Å². The summed E-state index contributed by atoms with van der Waals surface area (Å²) < 4.78 is 11.8. The van der Waals surface area contributed by atoms with Crippen molar-refractivity contribution in [3.8, 4) is 11.5 Å². The zero-order valence-corrected chi connectivity index (χ0v) is 26.4. The zero-order valence-electron chi connectivity index (χ0n) is 26.4. The van der Waals surface area contributed by atoms with Gasteiger partial charge in [-0.25, -0.2) is 0 Å². The number of amides is 2. The molecule has 6 rings (SSSR count). The number of anilines is 1. The van der Waals surface area contributed by atoms with E-state index >= 15 is 0 Å². The lowest BCUT2D eigenvalue weighted by molar-refractivity contribution is -0.136. The smallest absolute Gasteiger partial charge is 0.245 e. The number of piperazine rings is 1. The molecule has 9 heteroatoms. The van der Waals surface area contributed by atoms with E-state index in [4.69, 9.17) is 9.47 Å². The Morgan fingerprint density at radius 2 is 1.71 bits per heavy atom. The molecule has 3 aromatic carbocycles. The first kappa shape index (κ1) is 30.9. The van der Waals surface area contributed by atoms with Gasteiger partial charge in [-0.15, -0.1) is 0 Å². The number of methoxy groups -OCH3 is 1. The summed E-state index contributed by atoms with van der Waals surface area (Å²) in [5.74, 6) is 1.49. The monoisotopic (exact) mass is 611 g/mol. The number of likely N-dealkylation sites (N-methyl/N-ethyl adjacent to an activating group) is 1. The predicted octanol–water partition coefficient (Wildman–Crippen LogP) is 3.78. The van der Waals surface area contributed by atoms with Crippen LogP contribution in [-0.4, -0.2) is 87.2 Å². The summed E-state index contributed by atoms with van der Waals surface area (Å²) in [5, 5.41) is 6.56. The second-order valence-electron chi connectivity index (χ2n) is 12.4. The molecular weight excluding hydrogens is 566 g/mol. The Hall–Kier alpha value is -4.08. The van der Waals surface area contributed by atoms with Gasteiger partial charge in [-0.1, -0.05) is 48.5 Å². The fourth-order valence-electron chi connectivity index (χ4n) is 6.80. The third-order valence-corrected chi connectivity index (χ3v) is 9.26. The maximum Gasteiger partial charge on any atom is 0.245 e. The Morgan fingerprint density at radius 3 is 2.49 bits per heavy atom. The summed E-state index contributed by atoms with van der Waals surface area (Å²) in [7, 11) is 3.78. The molecule has 3 atom stereocenters. The molecule has 2 fully saturated rings. The Balaban J connectivity index is 1.11. The van der Waals surface area contributed by atoms with Crippen molar-refractivity contribution in [1.29, 1.82) is 0 Å². The molecule has 0 radical (unpaired) electrons. The summed E-state index contributed by atoms with van der Waals surface area (Å²) in [5.41, 5.74) is 4.42. The van der Waals surface area contributed by atoms with Gasteiger partial charge in [0.2, 0.25) is 11.8 Å². The van der Waals surface area contributed by atoms with Gasteiger partial charge in [0, 0.05) is 58.2 Å². The van der Waals surface area contributed by atoms with Crippen molar-refractivity contribution in [2.24, 2.45) is 0 Å². The third-order valence-electron chi connectivity index (χ3n) is 9.26. The number of hydrogen-bond acceptors (Lipinski definition) is 7. The van der Waals surface area contributed by atoms with Crippen molar-refractivity contribution in [2.45, 2.75) is 50.4 Å². The van der Waals surface area contributed by atoms with Gasteiger partial charge < -0.3 is 34.8 Å². The summed E-state index contributed by atoms with van der Waals surface area (Å²) in [6.45, 7) is 5.34. The molecule has 0 aliphatic carbocycles. The molecule has 1 unspecified atom stereocenters. The lowest BCUT2D eigenvalue weighted by Gasteiger charge is -2.39. The number of carbonyl (C=O) groups excluding carboxylic acids is 2. The van der Waals surface area contributed by atoms with Gasteiger partial charge in [0.1, 0.15) is 23.6 Å². The normalized spacial score (nSPS) is 20.8. The summed E-state index contributed by atoms with van der Waals surface area (Å²) in [4.78, 5) is 33.9. The molecule has 2 amide bonds. The minimum atomic E-state index is -0.659. The average Bonchev–Trinajstić information content (AvgIpc) is 3.47. The average molecular weight is 612 g/mol. The van der Waals surface area contributed by atoms with Crippen LogP contribution in [0.15, 0.2) is 72.8 Å². The lowest BCUT2D eigenvalue weighted by atomic mass is 10.0. The van der Waals surface area contributed by atoms with Crippen molar-refractivity contribution in [1.82, 2.24) is 20.4 Å². The van der Waals surface area contributed by atoms with Crippen LogP contribution >= 0.6 is 0 Å². The number of fused-ring (bicyclic) bond motifs is 1. The molecule has 0 bridgehead atoms. The molecule has 0 aromatic heterocycles. The summed E-state index contributed by atoms with van der Waals surface area (Å²) >= 11 is 0. The standard InChI is InChI=1S/C36H45N5O4/c1-39-17-7-9-29(25-39)45-34-12-6-5-11-33(34)40-18-20-41(21-19-40)36(43)32(22-26-13-15-28(44-2)16-14-26)38-35(42)23-31-30-10-4-3-8-27(30)24-37-31/h3-6,8,10-16,29,31-32,37H,7,9,17-25H2,1-2H3,(H,38,42)/t29-,31?,32+/m0/s1. The highest BCUT2D eigenvalue weighted by Crippen LogP contribution is 2.31. The number of nitrogens with one attached hydrogen (secondary N) is 2. The number of nitrogens with zero attached hydrogens (tertiary/aromatic N) is 3. The zero-order chi connectivity index (χ0) is 31.2. The second-order valence-corrected chi connectivity index (χ2v) is 12.4. The predicted molar refractivity (Wildman–Crippen MR) is 176 cm³/mol. The lowest BCUT2D eigenvalue weighted by Crippen LogP contribution is -2.55. The Morgan fingerprint density at radius 1 is 0.956 bits per heavy atom. The van der Waals surface area contributed by atoms with Crippen LogP contribution in [0.1, 0.15) is 42.0 Å². The van der Waals surface area contributed by atoms with Crippen LogP contribution in [0.3, 0.4) is 0 Å². The number of ether oxygens (including phenoxy) is 2. The van der Waals surface area contributed by atoms with Gasteiger partial charge in [0.25, 0.3) is 0 Å². The van der Waals surface area contributed by atoms with Crippen LogP contribution in [-0.2, 0) is 22.6 Å². The molecule has 238 valence electrons. The minimum absolute atomic E-state index is 0.0478. The highest BCUT2D eigenvalue weighted by atomic mass is 16.5. The van der Waals surface area contributed by atoms with Gasteiger partial charge in [0.15, 0.2) is 0 Å². The van der Waals surface area contributed by atoms with Gasteiger partial charge in [-0.3, -0.25) is 9.59 Å². The first-order chi connectivity index (χ1) is 22.0. The molecule has 2 N–H and O–H groups in total. The van der Waals surface area contributed by atoms with Crippen LogP contribution in [0.5, 0.6) is 11.5 Å². The third kappa shape index (κ3) is 7.60. The fraction of sp³-hybridized carbons (Fsp3) is 0.444. The summed E-state index contributed by atoms with van der Waals surface area (Å²) in [6, 6.07) is 23.4. The Labute approximate surface area is 266 Å². The molecule has 0 saturated carbocycles. The van der Waals surface area contributed by atoms with Crippen molar-refractivity contribution in [2.75, 3.05) is 58.3 Å². The van der Waals surface area contributed by atoms with Gasteiger partial charge in [0.05, 0.1) is 12.8 Å². The number of rotatable bonds is 10. The molecule has 3 aromatic rings. The van der Waals surface area contributed by atoms with E-state index in [9.17, 15) is 9.59 Å². The second kappa shape index (κ2) is 14.3. The summed E-state index contributed by atoms with van der Waals surface area (Å²) in [6.07, 6.45) is 3.08. The number of piperidine rings is 1. The van der Waals surface area contributed by atoms with Crippen molar-refractivity contribution in [3.05, 3.63) is 89.5 Å². The van der Waals surface area contributed by atoms with Crippen molar-refractivity contribution < 1.29 is 19.1 Å². The fourth-order valence-corrected chi connectivity index (χ4v) is 6.80. The first-order valence-corrected chi connectivity index (χ1v) is 16.2. The number of benzene rings is 3. The van der Waals surface area contributed by atoms with E-state index in [1.54, 1.807) is 7.11 Å². The molecular formula is C36H45N5O4. The molecule has 3 heterocycles. The number of para-hydroxylation sites is 2. The molecule has 3 aliphatic heterocycles. The molecule has 0 spiro atoms. The SMILES string of the molecule is COc1ccc(C[C@@H](NC(=O)CC2NCc3ccccc32)C(=O)N2CCN(c3ccccc3O[C@H]3CCCN(C)C3)CC2)cc1. The van der Waals surface area contributed by atoms with E-state index < -0.39 is 6.04 Å². The van der Waals surface area contributed by atoms with Gasteiger partial charge >= 0.3 is 0 Å². The highest BCUT2D eigenvalue weighted by molar-refractivity contribution is 5.88. The molecule has 9 nitrogen and oxygen atoms in total. The van der Waals surface area contributed by atoms with Crippen molar-refractivity contribution in [3.63, 3.8) is 0 Å². The molecule has 2 saturated heterocycles. The van der Waals surface area contributed by atoms with E-state index in [-0.39, 0.29) is 30.4 Å². The largest absolute Gasteiger partial charge is 0.497 e. The molecule has 45 heavy (non-hydrogen) atoms. The van der Waals surface area contributed by atoms with E-state index in [0.29, 0.717) is 32.6 Å². The quantitative estimate of drug-likeness (QED) is 0.361. The maximum atomic E-state index is 14.0. The molecule has 3 aliphatic rings. The maximum absolute atomic E-state index is 14.0.